The third-order valence-electron chi connectivity index (χ3n) is 16.2. The van der Waals surface area contributed by atoms with E-state index in [9.17, 15) is 47.9 Å². The van der Waals surface area contributed by atoms with Crippen LogP contribution in [0.4, 0.5) is 0 Å². The van der Waals surface area contributed by atoms with Crippen LogP contribution in [0.3, 0.4) is 0 Å². The molecule has 0 saturated carbocycles. The van der Waals surface area contributed by atoms with Gasteiger partial charge in [-0.05, 0) is 93.0 Å². The van der Waals surface area contributed by atoms with Crippen LogP contribution in [0.1, 0.15) is 0 Å². The lowest BCUT2D eigenvalue weighted by molar-refractivity contribution is 1.60. The molecule has 15 aromatic carbocycles. The Morgan fingerprint density at radius 2 is 0.287 bits per heavy atom. The van der Waals surface area contributed by atoms with Crippen LogP contribution in [0.15, 0.2) is 242 Å². The summed E-state index contributed by atoms with van der Waals surface area (Å²) < 4.78 is 0. The predicted octanol–water partition coefficient (Wildman–Crippen LogP) is 10.7. The molecular weight excluding hydrogens is 1000 g/mol. The van der Waals surface area contributed by atoms with E-state index in [1.54, 1.807) is 24.3 Å². The van der Waals surface area contributed by atoms with Crippen LogP contribution in [-0.2, 0) is 0 Å². The summed E-state index contributed by atoms with van der Waals surface area (Å²) in [5.41, 5.74) is -1.78. The van der Waals surface area contributed by atoms with E-state index in [-0.39, 0.29) is 108 Å². The number of hydrogen-bond donors (Lipinski definition) is 0. The smallest absolute Gasteiger partial charge is 0.195 e. The SMILES string of the molecule is O=c1c2cc3c(=O)c4cc5c(=O)c6c(-c7ccccc7)ccc(-c7ccccc7)c6c(=O)c5cc4c(=O)c3cc2c(=O)c2cc3c(=O)c4cc5c(=O)c6c(-c7ccccc7)ccc(-c7ccccc7)c6c(=O)c5cc4c(=O)c3cc12. The average Bonchev–Trinajstić information content (AvgIpc) is 3.61. The van der Waals surface area contributed by atoms with Crippen LogP contribution in [-0.4, -0.2) is 0 Å². The summed E-state index contributed by atoms with van der Waals surface area (Å²) in [7, 11) is 0. The van der Waals surface area contributed by atoms with Gasteiger partial charge in [0.05, 0.1) is 0 Å². The van der Waals surface area contributed by atoms with Crippen LogP contribution >= 0.6 is 0 Å². The molecule has 10 nitrogen and oxygen atoms in total. The maximum absolute atomic E-state index is 14.9. The molecule has 10 heteroatoms. The van der Waals surface area contributed by atoms with Crippen LogP contribution < -0.4 is 54.3 Å². The van der Waals surface area contributed by atoms with E-state index in [0.29, 0.717) is 44.5 Å². The first-order valence-electron chi connectivity index (χ1n) is 25.6. The standard InChI is InChI=1S/C70H32O10/c71-61-41-25-45-46(64(74)50-30-54-53(29-49(50)63(45)73)67(77)57-37(33-13-5-1-6-14-33)21-22-38(58(57)68(54)78)34-15-7-2-8-16-34)26-42(41)62(72)44-28-48-47(27-43(44)61)65(75)51-31-55-56(32-52(51)66(48)76)70(80)60-40(36-19-11-4-12-20-36)24-23-39(59(60)69(55)79)35-17-9-3-10-18-35/h1-32H. The Bertz CT molecular complexity index is 5240. The number of rotatable bonds is 4. The highest BCUT2D eigenvalue weighted by atomic mass is 16.2. The Labute approximate surface area is 446 Å². The van der Waals surface area contributed by atoms with Crippen LogP contribution in [0, 0.1) is 0 Å². The molecule has 0 saturated heterocycles. The summed E-state index contributed by atoms with van der Waals surface area (Å²) in [5, 5.41) is -2.19. The van der Waals surface area contributed by atoms with Gasteiger partial charge >= 0.3 is 0 Å². The molecule has 0 amide bonds. The third kappa shape index (κ3) is 6.29. The summed E-state index contributed by atoms with van der Waals surface area (Å²) in [6.45, 7) is 0. The molecule has 0 atom stereocenters. The Morgan fingerprint density at radius 3 is 0.438 bits per heavy atom. The van der Waals surface area contributed by atoms with Crippen molar-refractivity contribution in [2.45, 2.75) is 0 Å². The van der Waals surface area contributed by atoms with Gasteiger partial charge in [-0.25, -0.2) is 0 Å². The molecule has 0 unspecified atom stereocenters. The molecule has 0 radical (unpaired) electrons. The summed E-state index contributed by atoms with van der Waals surface area (Å²) in [5.74, 6) is 0. The van der Waals surface area contributed by atoms with Gasteiger partial charge in [-0.1, -0.05) is 146 Å². The Kier molecular flexibility index (Phi) is 9.65. The van der Waals surface area contributed by atoms with Crippen molar-refractivity contribution in [3.05, 3.63) is 296 Å². The molecule has 0 heterocycles. The minimum Gasteiger partial charge on any atom is -0.289 e. The van der Waals surface area contributed by atoms with Crippen molar-refractivity contribution in [2.24, 2.45) is 0 Å². The zero-order valence-electron chi connectivity index (χ0n) is 41.6. The second-order valence-corrected chi connectivity index (χ2v) is 20.4. The molecule has 15 rings (SSSR count). The molecule has 0 bridgehead atoms. The van der Waals surface area contributed by atoms with Crippen molar-refractivity contribution in [2.75, 3.05) is 0 Å². The predicted molar refractivity (Wildman–Crippen MR) is 322 cm³/mol. The topological polar surface area (TPSA) is 171 Å². The van der Waals surface area contributed by atoms with Gasteiger partial charge in [0.25, 0.3) is 0 Å². The Hall–Kier alpha value is -11.1. The van der Waals surface area contributed by atoms with E-state index in [0.717, 1.165) is 0 Å². The fourth-order valence-corrected chi connectivity index (χ4v) is 12.4. The largest absolute Gasteiger partial charge is 0.289 e. The summed E-state index contributed by atoms with van der Waals surface area (Å²) in [6, 6.07) is 53.4. The summed E-state index contributed by atoms with van der Waals surface area (Å²) >= 11 is 0. The number of benzene rings is 15. The maximum Gasteiger partial charge on any atom is 0.195 e. The van der Waals surface area contributed by atoms with Gasteiger partial charge in [0.2, 0.25) is 0 Å². The first-order chi connectivity index (χ1) is 38.9. The fourth-order valence-electron chi connectivity index (χ4n) is 12.4. The minimum atomic E-state index is -0.770. The highest BCUT2D eigenvalue weighted by Crippen LogP contribution is 2.37. The van der Waals surface area contributed by atoms with Gasteiger partial charge in [0.1, 0.15) is 0 Å². The average molecular weight is 1030 g/mol. The molecule has 0 spiro atoms. The monoisotopic (exact) mass is 1030 g/mol. The normalized spacial score (nSPS) is 12.0. The summed E-state index contributed by atoms with van der Waals surface area (Å²) in [4.78, 5) is 148. The molecular formula is C70H32O10. The van der Waals surface area contributed by atoms with E-state index in [1.165, 1.54) is 48.5 Å². The molecule has 15 aromatic rings. The van der Waals surface area contributed by atoms with Crippen LogP contribution in [0.5, 0.6) is 0 Å². The van der Waals surface area contributed by atoms with Gasteiger partial charge in [-0.2, -0.15) is 0 Å². The maximum atomic E-state index is 14.9. The van der Waals surface area contributed by atoms with Gasteiger partial charge < -0.3 is 0 Å². The number of hydrogen-bond acceptors (Lipinski definition) is 10. The van der Waals surface area contributed by atoms with E-state index >= 15 is 0 Å². The van der Waals surface area contributed by atoms with E-state index in [2.05, 4.69) is 0 Å². The lowest BCUT2D eigenvalue weighted by Gasteiger charge is -2.13. The second-order valence-electron chi connectivity index (χ2n) is 20.4. The van der Waals surface area contributed by atoms with Crippen molar-refractivity contribution in [3.63, 3.8) is 0 Å². The van der Waals surface area contributed by atoms with Crippen LogP contribution in [0.25, 0.3) is 152 Å². The lowest BCUT2D eigenvalue weighted by Crippen LogP contribution is -2.20. The number of fused-ring (bicyclic) bond motifs is 10. The molecule has 0 aliphatic carbocycles. The Balaban J connectivity index is 0.974. The molecule has 372 valence electrons. The minimum absolute atomic E-state index is 0.0765. The van der Waals surface area contributed by atoms with Gasteiger partial charge in [0, 0.05) is 108 Å². The van der Waals surface area contributed by atoms with E-state index in [1.807, 2.05) is 121 Å². The quantitative estimate of drug-likeness (QED) is 0.155. The van der Waals surface area contributed by atoms with Crippen molar-refractivity contribution in [3.8, 4) is 44.5 Å². The molecule has 0 aliphatic rings. The fraction of sp³-hybridized carbons (Fsp3) is 0. The third-order valence-corrected chi connectivity index (χ3v) is 16.2. The first kappa shape index (κ1) is 46.2. The first-order valence-corrected chi connectivity index (χ1v) is 25.6. The van der Waals surface area contributed by atoms with Crippen molar-refractivity contribution in [1.29, 1.82) is 0 Å². The van der Waals surface area contributed by atoms with E-state index in [4.69, 9.17) is 0 Å². The van der Waals surface area contributed by atoms with Gasteiger partial charge in [-0.15, -0.1) is 0 Å². The highest BCUT2D eigenvalue weighted by molar-refractivity contribution is 6.17. The van der Waals surface area contributed by atoms with Gasteiger partial charge in [0.15, 0.2) is 54.3 Å². The highest BCUT2D eigenvalue weighted by Gasteiger charge is 2.25. The van der Waals surface area contributed by atoms with Gasteiger partial charge in [-0.3, -0.25) is 47.9 Å². The molecule has 0 N–H and O–H groups in total. The zero-order chi connectivity index (χ0) is 54.6. The zero-order valence-corrected chi connectivity index (χ0v) is 41.6. The second kappa shape index (κ2) is 16.7. The van der Waals surface area contributed by atoms with Crippen molar-refractivity contribution < 1.29 is 0 Å². The van der Waals surface area contributed by atoms with E-state index < -0.39 is 54.3 Å². The molecule has 0 fully saturated rings. The van der Waals surface area contributed by atoms with Crippen molar-refractivity contribution >= 4 is 108 Å². The summed E-state index contributed by atoms with van der Waals surface area (Å²) in [6.07, 6.45) is 0. The van der Waals surface area contributed by atoms with Crippen molar-refractivity contribution in [1.82, 2.24) is 0 Å². The molecule has 0 aromatic heterocycles. The lowest BCUT2D eigenvalue weighted by atomic mass is 9.88. The van der Waals surface area contributed by atoms with Crippen LogP contribution in [0.2, 0.25) is 0 Å². The Morgan fingerprint density at radius 1 is 0.150 bits per heavy atom. The molecule has 0 aliphatic heterocycles. The molecule has 80 heavy (non-hydrogen) atoms.